The molecule has 1 heteroatoms. The molecule has 24 heavy (non-hydrogen) atoms. The first-order valence-electron chi connectivity index (χ1n) is 11.1. The molecule has 0 amide bonds. The SMILES string of the molecule is CC1CCCCCCC(C(C)C)CCC(C)(N)C(C)CCCCC1. The van der Waals surface area contributed by atoms with Crippen molar-refractivity contribution in [3.05, 3.63) is 0 Å². The van der Waals surface area contributed by atoms with Gasteiger partial charge in [-0.1, -0.05) is 91.9 Å². The van der Waals surface area contributed by atoms with Crippen LogP contribution in [0.25, 0.3) is 0 Å². The summed E-state index contributed by atoms with van der Waals surface area (Å²) in [6.07, 6.45) is 18.1. The monoisotopic (exact) mass is 337 g/mol. The van der Waals surface area contributed by atoms with E-state index in [4.69, 9.17) is 5.73 Å². The maximum atomic E-state index is 6.74. The highest BCUT2D eigenvalue weighted by Gasteiger charge is 2.27. The summed E-state index contributed by atoms with van der Waals surface area (Å²) >= 11 is 0. The van der Waals surface area contributed by atoms with Gasteiger partial charge < -0.3 is 5.73 Å². The zero-order valence-electron chi connectivity index (χ0n) is 17.6. The van der Waals surface area contributed by atoms with Crippen molar-refractivity contribution in [3.63, 3.8) is 0 Å². The van der Waals surface area contributed by atoms with Gasteiger partial charge in [-0.2, -0.15) is 0 Å². The van der Waals surface area contributed by atoms with Gasteiger partial charge in [0, 0.05) is 5.54 Å². The molecule has 4 atom stereocenters. The molecule has 0 spiro atoms. The van der Waals surface area contributed by atoms with Gasteiger partial charge in [-0.15, -0.1) is 0 Å². The predicted octanol–water partition coefficient (Wildman–Crippen LogP) is 7.33. The minimum absolute atomic E-state index is 0.0222. The second kappa shape index (κ2) is 11.6. The molecular formula is C23H47N. The smallest absolute Gasteiger partial charge is 0.0151 e. The summed E-state index contributed by atoms with van der Waals surface area (Å²) in [5.74, 6) is 3.26. The molecular weight excluding hydrogens is 290 g/mol. The van der Waals surface area contributed by atoms with Crippen LogP contribution < -0.4 is 5.73 Å². The van der Waals surface area contributed by atoms with E-state index in [0.717, 1.165) is 17.8 Å². The molecule has 0 radical (unpaired) electrons. The zero-order valence-corrected chi connectivity index (χ0v) is 17.6. The largest absolute Gasteiger partial charge is 0.325 e. The fraction of sp³-hybridized carbons (Fsp3) is 1.00. The van der Waals surface area contributed by atoms with E-state index in [1.165, 1.54) is 83.5 Å². The third-order valence-corrected chi connectivity index (χ3v) is 6.98. The average molecular weight is 338 g/mol. The van der Waals surface area contributed by atoms with Crippen LogP contribution in [-0.4, -0.2) is 5.54 Å². The van der Waals surface area contributed by atoms with E-state index in [2.05, 4.69) is 34.6 Å². The van der Waals surface area contributed by atoms with Gasteiger partial charge in [-0.3, -0.25) is 0 Å². The first kappa shape index (κ1) is 22.0. The van der Waals surface area contributed by atoms with Gasteiger partial charge in [0.15, 0.2) is 0 Å². The Morgan fingerprint density at radius 3 is 1.83 bits per heavy atom. The third-order valence-electron chi connectivity index (χ3n) is 6.98. The fourth-order valence-corrected chi connectivity index (χ4v) is 4.40. The highest BCUT2D eigenvalue weighted by atomic mass is 14.7. The lowest BCUT2D eigenvalue weighted by Gasteiger charge is -2.34. The Morgan fingerprint density at radius 2 is 1.25 bits per heavy atom. The average Bonchev–Trinajstić information content (AvgIpc) is 2.51. The van der Waals surface area contributed by atoms with Crippen molar-refractivity contribution in [2.45, 2.75) is 124 Å². The van der Waals surface area contributed by atoms with Crippen molar-refractivity contribution >= 4 is 0 Å². The lowest BCUT2D eigenvalue weighted by molar-refractivity contribution is 0.227. The van der Waals surface area contributed by atoms with Crippen LogP contribution in [-0.2, 0) is 0 Å². The van der Waals surface area contributed by atoms with Crippen LogP contribution in [0.5, 0.6) is 0 Å². The highest BCUT2D eigenvalue weighted by molar-refractivity contribution is 4.85. The van der Waals surface area contributed by atoms with E-state index in [0.29, 0.717) is 5.92 Å². The lowest BCUT2D eigenvalue weighted by Crippen LogP contribution is -2.43. The normalized spacial score (nSPS) is 36.4. The Labute approximate surface area is 153 Å². The predicted molar refractivity (Wildman–Crippen MR) is 109 cm³/mol. The van der Waals surface area contributed by atoms with Crippen LogP contribution in [0.1, 0.15) is 118 Å². The van der Waals surface area contributed by atoms with Crippen molar-refractivity contribution in [1.29, 1.82) is 0 Å². The van der Waals surface area contributed by atoms with E-state index in [-0.39, 0.29) is 5.54 Å². The zero-order chi connectivity index (χ0) is 18.0. The first-order valence-corrected chi connectivity index (χ1v) is 11.1. The molecule has 0 aliphatic heterocycles. The third kappa shape index (κ3) is 8.88. The molecule has 0 aromatic heterocycles. The number of hydrogen-bond acceptors (Lipinski definition) is 1. The van der Waals surface area contributed by atoms with Gasteiger partial charge in [-0.25, -0.2) is 0 Å². The molecule has 1 rings (SSSR count). The topological polar surface area (TPSA) is 26.0 Å². The lowest BCUT2D eigenvalue weighted by atomic mass is 9.76. The molecule has 1 nitrogen and oxygen atoms in total. The molecule has 1 saturated carbocycles. The number of nitrogens with two attached hydrogens (primary N) is 1. The Kier molecular flexibility index (Phi) is 10.6. The van der Waals surface area contributed by atoms with E-state index in [1.807, 2.05) is 0 Å². The van der Waals surface area contributed by atoms with Crippen LogP contribution in [0, 0.1) is 23.7 Å². The Morgan fingerprint density at radius 1 is 0.750 bits per heavy atom. The van der Waals surface area contributed by atoms with Gasteiger partial charge in [0.1, 0.15) is 0 Å². The summed E-state index contributed by atoms with van der Waals surface area (Å²) in [6, 6.07) is 0. The summed E-state index contributed by atoms with van der Waals surface area (Å²) in [7, 11) is 0. The molecule has 1 aliphatic carbocycles. The molecule has 0 aromatic carbocycles. The van der Waals surface area contributed by atoms with Crippen molar-refractivity contribution < 1.29 is 0 Å². The van der Waals surface area contributed by atoms with Crippen molar-refractivity contribution in [2.75, 3.05) is 0 Å². The molecule has 1 fully saturated rings. The van der Waals surface area contributed by atoms with E-state index in [9.17, 15) is 0 Å². The summed E-state index contributed by atoms with van der Waals surface area (Å²) < 4.78 is 0. The molecule has 144 valence electrons. The molecule has 2 N–H and O–H groups in total. The Hall–Kier alpha value is -0.0400. The second-order valence-corrected chi connectivity index (χ2v) is 9.68. The van der Waals surface area contributed by atoms with E-state index >= 15 is 0 Å². The quantitative estimate of drug-likeness (QED) is 0.532. The molecule has 1 aliphatic rings. The standard InChI is InChI=1S/C23H47N/c1-19(2)22-16-12-7-6-9-13-20(3)14-10-8-11-15-21(4)23(5,24)18-17-22/h19-22H,6-18,24H2,1-5H3. The minimum Gasteiger partial charge on any atom is -0.325 e. The minimum atomic E-state index is 0.0222. The van der Waals surface area contributed by atoms with Crippen LogP contribution in [0.15, 0.2) is 0 Å². The van der Waals surface area contributed by atoms with Gasteiger partial charge in [-0.05, 0) is 49.9 Å². The highest BCUT2D eigenvalue weighted by Crippen LogP contribution is 2.31. The summed E-state index contributed by atoms with van der Waals surface area (Å²) in [6.45, 7) is 12.0. The Bertz CT molecular complexity index is 307. The summed E-state index contributed by atoms with van der Waals surface area (Å²) in [5, 5.41) is 0. The Balaban J connectivity index is 2.58. The van der Waals surface area contributed by atoms with Gasteiger partial charge >= 0.3 is 0 Å². The fourth-order valence-electron chi connectivity index (χ4n) is 4.40. The van der Waals surface area contributed by atoms with E-state index < -0.39 is 0 Å². The van der Waals surface area contributed by atoms with Gasteiger partial charge in [0.2, 0.25) is 0 Å². The van der Waals surface area contributed by atoms with Gasteiger partial charge in [0.25, 0.3) is 0 Å². The summed E-state index contributed by atoms with van der Waals surface area (Å²) in [4.78, 5) is 0. The summed E-state index contributed by atoms with van der Waals surface area (Å²) in [5.41, 5.74) is 6.76. The number of rotatable bonds is 1. The van der Waals surface area contributed by atoms with Crippen LogP contribution in [0.3, 0.4) is 0 Å². The second-order valence-electron chi connectivity index (χ2n) is 9.68. The van der Waals surface area contributed by atoms with Crippen LogP contribution in [0.4, 0.5) is 0 Å². The van der Waals surface area contributed by atoms with Crippen molar-refractivity contribution in [2.24, 2.45) is 29.4 Å². The van der Waals surface area contributed by atoms with E-state index in [1.54, 1.807) is 0 Å². The maximum absolute atomic E-state index is 6.74. The maximum Gasteiger partial charge on any atom is 0.0151 e. The molecule has 0 aromatic rings. The van der Waals surface area contributed by atoms with Crippen LogP contribution in [0.2, 0.25) is 0 Å². The molecule has 0 heterocycles. The molecule has 0 bridgehead atoms. The molecule has 0 saturated heterocycles. The number of hydrogen-bond donors (Lipinski definition) is 1. The van der Waals surface area contributed by atoms with Gasteiger partial charge in [0.05, 0.1) is 0 Å². The van der Waals surface area contributed by atoms with Crippen molar-refractivity contribution in [3.8, 4) is 0 Å². The van der Waals surface area contributed by atoms with Crippen LogP contribution >= 0.6 is 0 Å². The molecule has 4 unspecified atom stereocenters. The van der Waals surface area contributed by atoms with Crippen molar-refractivity contribution in [1.82, 2.24) is 0 Å². The first-order chi connectivity index (χ1) is 11.3.